The molecule has 1 fully saturated rings. The molecule has 3 rings (SSSR count). The first-order valence-electron chi connectivity index (χ1n) is 8.18. The lowest BCUT2D eigenvalue weighted by atomic mass is 10.2. The second-order valence-electron chi connectivity index (χ2n) is 6.15. The van der Waals surface area contributed by atoms with Crippen molar-refractivity contribution >= 4 is 23.2 Å². The summed E-state index contributed by atoms with van der Waals surface area (Å²) in [7, 11) is 2.05. The van der Waals surface area contributed by atoms with E-state index in [2.05, 4.69) is 15.1 Å². The molecule has 2 heterocycles. The Kier molecular flexibility index (Phi) is 5.00. The fourth-order valence-electron chi connectivity index (χ4n) is 2.99. The number of nitrogens with zero attached hydrogens (tertiary/aromatic N) is 3. The van der Waals surface area contributed by atoms with Crippen molar-refractivity contribution < 1.29 is 19.1 Å². The summed E-state index contributed by atoms with van der Waals surface area (Å²) in [5, 5.41) is 11.9. The van der Waals surface area contributed by atoms with E-state index >= 15 is 0 Å². The van der Waals surface area contributed by atoms with E-state index < -0.39 is 17.6 Å². The van der Waals surface area contributed by atoms with Crippen LogP contribution in [-0.2, 0) is 9.59 Å². The molecule has 0 bridgehead atoms. The third-order valence-corrected chi connectivity index (χ3v) is 4.40. The highest BCUT2D eigenvalue weighted by Gasteiger charge is 2.31. The first-order valence-corrected chi connectivity index (χ1v) is 8.18. The second kappa shape index (κ2) is 7.20. The van der Waals surface area contributed by atoms with Crippen LogP contribution in [0.3, 0.4) is 0 Å². The molecule has 2 amide bonds. The van der Waals surface area contributed by atoms with Crippen molar-refractivity contribution in [3.63, 3.8) is 0 Å². The number of anilines is 2. The molecule has 2 aliphatic heterocycles. The molecular formula is C17H21FN4O3. The number of rotatable bonds is 5. The van der Waals surface area contributed by atoms with Crippen LogP contribution in [0.1, 0.15) is 0 Å². The zero-order valence-corrected chi connectivity index (χ0v) is 14.0. The maximum atomic E-state index is 13.7. The predicted molar refractivity (Wildman–Crippen MR) is 91.6 cm³/mol. The molecule has 2 N–H and O–H groups in total. The largest absolute Gasteiger partial charge is 0.395 e. The first-order chi connectivity index (χ1) is 12.0. The Labute approximate surface area is 145 Å². The Morgan fingerprint density at radius 1 is 1.20 bits per heavy atom. The highest BCUT2D eigenvalue weighted by Crippen LogP contribution is 2.30. The number of carbonyl (C=O) groups excluding carboxylic acids is 2. The topological polar surface area (TPSA) is 76.1 Å². The second-order valence-corrected chi connectivity index (χ2v) is 6.15. The van der Waals surface area contributed by atoms with E-state index in [9.17, 15) is 14.0 Å². The molecule has 134 valence electrons. The summed E-state index contributed by atoms with van der Waals surface area (Å²) in [4.78, 5) is 29.4. The van der Waals surface area contributed by atoms with Gasteiger partial charge >= 0.3 is 0 Å². The molecule has 1 aromatic rings. The number of imide groups is 1. The smallest absolute Gasteiger partial charge is 0.277 e. The summed E-state index contributed by atoms with van der Waals surface area (Å²) in [6, 6.07) is 4.38. The minimum Gasteiger partial charge on any atom is -0.395 e. The van der Waals surface area contributed by atoms with Crippen molar-refractivity contribution in [1.29, 1.82) is 0 Å². The number of amides is 2. The van der Waals surface area contributed by atoms with Crippen LogP contribution in [-0.4, -0.2) is 73.1 Å². The highest BCUT2D eigenvalue weighted by atomic mass is 19.1. The number of hydrogen-bond acceptors (Lipinski definition) is 6. The third kappa shape index (κ3) is 3.64. The van der Waals surface area contributed by atoms with E-state index in [1.165, 1.54) is 18.2 Å². The van der Waals surface area contributed by atoms with Crippen LogP contribution in [0, 0.1) is 5.82 Å². The van der Waals surface area contributed by atoms with Crippen LogP contribution >= 0.6 is 0 Å². The zero-order valence-electron chi connectivity index (χ0n) is 14.0. The molecule has 8 heteroatoms. The molecule has 0 spiro atoms. The maximum absolute atomic E-state index is 13.7. The molecule has 0 saturated carbocycles. The molecule has 0 unspecified atom stereocenters. The van der Waals surface area contributed by atoms with Gasteiger partial charge in [0.05, 0.1) is 24.5 Å². The van der Waals surface area contributed by atoms with Crippen LogP contribution in [0.15, 0.2) is 30.0 Å². The number of halogens is 1. The number of piperazine rings is 1. The Morgan fingerprint density at radius 2 is 1.92 bits per heavy atom. The Morgan fingerprint density at radius 3 is 2.60 bits per heavy atom. The number of hydrogen-bond donors (Lipinski definition) is 2. The van der Waals surface area contributed by atoms with Gasteiger partial charge in [0.1, 0.15) is 11.5 Å². The number of likely N-dealkylation sites (N-methyl/N-ethyl adjacent to an activating group) is 1. The Balaban J connectivity index is 1.83. The lowest BCUT2D eigenvalue weighted by Crippen LogP contribution is -2.44. The van der Waals surface area contributed by atoms with Crippen LogP contribution in [0.25, 0.3) is 0 Å². The van der Waals surface area contributed by atoms with E-state index in [1.54, 1.807) is 6.07 Å². The lowest BCUT2D eigenvalue weighted by molar-refractivity contribution is -0.137. The number of β-amino-alcohol motifs (C(OH)–C–C–N with tert-alkyl or cyclic N) is 1. The third-order valence-electron chi connectivity index (χ3n) is 4.40. The Bertz CT molecular complexity index is 714. The van der Waals surface area contributed by atoms with Gasteiger partial charge in [-0.2, -0.15) is 0 Å². The normalized spacial score (nSPS) is 18.8. The van der Waals surface area contributed by atoms with Crippen LogP contribution in [0.5, 0.6) is 0 Å². The van der Waals surface area contributed by atoms with Crippen LogP contribution < -0.4 is 10.2 Å². The average Bonchev–Trinajstić information content (AvgIpc) is 2.84. The zero-order chi connectivity index (χ0) is 18.0. The number of carbonyl (C=O) groups is 2. The summed E-state index contributed by atoms with van der Waals surface area (Å²) in [6.07, 6.45) is 1.18. The molecule has 0 atom stereocenters. The average molecular weight is 348 g/mol. The van der Waals surface area contributed by atoms with Gasteiger partial charge in [-0.15, -0.1) is 0 Å². The van der Waals surface area contributed by atoms with Gasteiger partial charge in [-0.1, -0.05) is 0 Å². The van der Waals surface area contributed by atoms with E-state index in [1.807, 2.05) is 7.05 Å². The fraction of sp³-hybridized carbons (Fsp3) is 0.412. The van der Waals surface area contributed by atoms with Crippen molar-refractivity contribution in [2.24, 2.45) is 0 Å². The summed E-state index contributed by atoms with van der Waals surface area (Å²) in [5.74, 6) is -1.43. The minimum absolute atomic E-state index is 0.0617. The Hall–Kier alpha value is -2.45. The van der Waals surface area contributed by atoms with Gasteiger partial charge in [0.15, 0.2) is 0 Å². The van der Waals surface area contributed by atoms with E-state index in [0.717, 1.165) is 36.8 Å². The van der Waals surface area contributed by atoms with Crippen LogP contribution in [0.2, 0.25) is 0 Å². The molecular weight excluding hydrogens is 327 g/mol. The van der Waals surface area contributed by atoms with Gasteiger partial charge in [-0.05, 0) is 25.2 Å². The molecule has 1 saturated heterocycles. The minimum atomic E-state index is -0.521. The molecule has 1 aromatic carbocycles. The van der Waals surface area contributed by atoms with Crippen molar-refractivity contribution in [2.45, 2.75) is 0 Å². The van der Waals surface area contributed by atoms with Gasteiger partial charge in [0, 0.05) is 32.3 Å². The predicted octanol–water partition coefficient (Wildman–Crippen LogP) is 0.234. The van der Waals surface area contributed by atoms with Gasteiger partial charge in [0.25, 0.3) is 11.8 Å². The van der Waals surface area contributed by atoms with Crippen LogP contribution in [0.4, 0.5) is 15.8 Å². The molecule has 0 radical (unpaired) electrons. The molecule has 25 heavy (non-hydrogen) atoms. The monoisotopic (exact) mass is 348 g/mol. The van der Waals surface area contributed by atoms with Crippen molar-refractivity contribution in [3.05, 3.63) is 35.8 Å². The van der Waals surface area contributed by atoms with E-state index in [4.69, 9.17) is 5.11 Å². The summed E-state index contributed by atoms with van der Waals surface area (Å²) >= 11 is 0. The molecule has 7 nitrogen and oxygen atoms in total. The number of aliphatic hydroxyl groups excluding tert-OH is 1. The SMILES string of the molecule is CN1CCN(c2ccc(F)cc2NC2=CC(=O)N(CCO)C2=O)CC1. The lowest BCUT2D eigenvalue weighted by Gasteiger charge is -2.35. The fourth-order valence-corrected chi connectivity index (χ4v) is 2.99. The van der Waals surface area contributed by atoms with Gasteiger partial charge in [-0.3, -0.25) is 14.5 Å². The quantitative estimate of drug-likeness (QED) is 0.742. The first kappa shape index (κ1) is 17.4. The summed E-state index contributed by atoms with van der Waals surface area (Å²) in [5.41, 5.74) is 1.32. The van der Waals surface area contributed by atoms with Crippen molar-refractivity contribution in [1.82, 2.24) is 9.80 Å². The number of benzene rings is 1. The summed E-state index contributed by atoms with van der Waals surface area (Å²) in [6.45, 7) is 3.00. The highest BCUT2D eigenvalue weighted by molar-refractivity contribution is 6.17. The number of aliphatic hydroxyl groups is 1. The standard InChI is InChI=1S/C17H21FN4O3/c1-20-4-6-21(7-5-20)15-3-2-12(18)10-13(15)19-14-11-16(24)22(8-9-23)17(14)25/h2-3,10-11,19,23H,4-9H2,1H3. The van der Waals surface area contributed by atoms with Gasteiger partial charge in [-0.25, -0.2) is 4.39 Å². The molecule has 2 aliphatic rings. The molecule has 0 aliphatic carbocycles. The van der Waals surface area contributed by atoms with E-state index in [-0.39, 0.29) is 18.8 Å². The number of nitrogens with one attached hydrogen (secondary N) is 1. The van der Waals surface area contributed by atoms with Crippen molar-refractivity contribution in [2.75, 3.05) is 56.6 Å². The van der Waals surface area contributed by atoms with E-state index in [0.29, 0.717) is 5.69 Å². The summed E-state index contributed by atoms with van der Waals surface area (Å²) < 4.78 is 13.7. The van der Waals surface area contributed by atoms with Gasteiger partial charge in [0.2, 0.25) is 0 Å². The van der Waals surface area contributed by atoms with Crippen molar-refractivity contribution in [3.8, 4) is 0 Å². The molecule has 0 aromatic heterocycles. The maximum Gasteiger partial charge on any atom is 0.277 e. The van der Waals surface area contributed by atoms with Gasteiger partial charge < -0.3 is 20.2 Å².